The van der Waals surface area contributed by atoms with Gasteiger partial charge < -0.3 is 19.6 Å². The van der Waals surface area contributed by atoms with Crippen LogP contribution in [-0.2, 0) is 11.2 Å². The van der Waals surface area contributed by atoms with Gasteiger partial charge in [-0.1, -0.05) is 48.5 Å². The number of para-hydroxylation sites is 1. The van der Waals surface area contributed by atoms with Crippen LogP contribution in [0.2, 0.25) is 0 Å². The van der Waals surface area contributed by atoms with Gasteiger partial charge in [0.2, 0.25) is 5.91 Å². The lowest BCUT2D eigenvalue weighted by molar-refractivity contribution is -0.121. The van der Waals surface area contributed by atoms with Gasteiger partial charge in [-0.2, -0.15) is 0 Å². The monoisotopic (exact) mass is 389 g/mol. The van der Waals surface area contributed by atoms with Gasteiger partial charge in [-0.15, -0.1) is 0 Å². The third-order valence-electron chi connectivity index (χ3n) is 5.05. The van der Waals surface area contributed by atoms with Gasteiger partial charge in [-0.3, -0.25) is 4.79 Å². The van der Waals surface area contributed by atoms with E-state index in [9.17, 15) is 4.79 Å². The first-order valence-electron chi connectivity index (χ1n) is 9.62. The lowest BCUT2D eigenvalue weighted by Crippen LogP contribution is -2.29. The SMILES string of the molecule is COc1cc(CCC(=O)NCC(c2ccccc2)c2c[nH]c3ccccc23)on1. The zero-order valence-corrected chi connectivity index (χ0v) is 16.2. The Morgan fingerprint density at radius 3 is 2.76 bits per heavy atom. The first kappa shape index (κ1) is 18.8. The Balaban J connectivity index is 1.47. The Hall–Kier alpha value is -3.54. The summed E-state index contributed by atoms with van der Waals surface area (Å²) in [4.78, 5) is 15.8. The van der Waals surface area contributed by atoms with Crippen LogP contribution in [0.4, 0.5) is 0 Å². The summed E-state index contributed by atoms with van der Waals surface area (Å²) in [5.74, 6) is 1.08. The minimum absolute atomic E-state index is 0.0267. The summed E-state index contributed by atoms with van der Waals surface area (Å²) in [7, 11) is 1.53. The first-order valence-corrected chi connectivity index (χ1v) is 9.62. The maximum Gasteiger partial charge on any atom is 0.254 e. The highest BCUT2D eigenvalue weighted by Gasteiger charge is 2.19. The molecule has 6 nitrogen and oxygen atoms in total. The normalized spacial score (nSPS) is 12.0. The summed E-state index contributed by atoms with van der Waals surface area (Å²) in [6.45, 7) is 0.518. The van der Waals surface area contributed by atoms with Crippen LogP contribution >= 0.6 is 0 Å². The topological polar surface area (TPSA) is 80.1 Å². The van der Waals surface area contributed by atoms with Crippen LogP contribution in [0.15, 0.2) is 71.4 Å². The fraction of sp³-hybridized carbons (Fsp3) is 0.217. The molecule has 1 atom stereocenters. The van der Waals surface area contributed by atoms with Crippen LogP contribution in [-0.4, -0.2) is 29.7 Å². The van der Waals surface area contributed by atoms with Crippen LogP contribution in [0.1, 0.15) is 29.2 Å². The molecule has 6 heteroatoms. The summed E-state index contributed by atoms with van der Waals surface area (Å²) < 4.78 is 10.1. The third kappa shape index (κ3) is 4.32. The van der Waals surface area contributed by atoms with E-state index < -0.39 is 0 Å². The van der Waals surface area contributed by atoms with E-state index in [4.69, 9.17) is 9.26 Å². The molecule has 0 aliphatic heterocycles. The van der Waals surface area contributed by atoms with Crippen molar-refractivity contribution in [3.05, 3.63) is 83.7 Å². The molecule has 0 aliphatic rings. The number of carbonyl (C=O) groups excluding carboxylic acids is 1. The lowest BCUT2D eigenvalue weighted by Gasteiger charge is -2.18. The van der Waals surface area contributed by atoms with E-state index in [0.29, 0.717) is 31.0 Å². The number of nitrogens with one attached hydrogen (secondary N) is 2. The van der Waals surface area contributed by atoms with Crippen LogP contribution in [0, 0.1) is 0 Å². The van der Waals surface area contributed by atoms with Crippen molar-refractivity contribution < 1.29 is 14.1 Å². The zero-order chi connectivity index (χ0) is 20.1. The highest BCUT2D eigenvalue weighted by atomic mass is 16.5. The molecule has 1 unspecified atom stereocenters. The molecule has 2 aromatic heterocycles. The minimum Gasteiger partial charge on any atom is -0.479 e. The standard InChI is InChI=1S/C23H23N3O3/c1-28-23-13-17(29-26-23)11-12-22(27)25-14-19(16-7-3-2-4-8-16)20-15-24-21-10-6-5-9-18(20)21/h2-10,13,15,19,24H,11-12,14H2,1H3,(H,25,27). The fourth-order valence-corrected chi connectivity index (χ4v) is 3.52. The predicted molar refractivity (Wildman–Crippen MR) is 111 cm³/mol. The number of hydrogen-bond donors (Lipinski definition) is 2. The molecule has 1 amide bonds. The maximum absolute atomic E-state index is 12.4. The van der Waals surface area contributed by atoms with Crippen molar-refractivity contribution in [2.45, 2.75) is 18.8 Å². The van der Waals surface area contributed by atoms with E-state index in [1.807, 2.05) is 36.5 Å². The molecule has 2 N–H and O–H groups in total. The highest BCUT2D eigenvalue weighted by Crippen LogP contribution is 2.30. The van der Waals surface area contributed by atoms with Gasteiger partial charge in [0.05, 0.1) is 7.11 Å². The molecule has 0 radical (unpaired) electrons. The Morgan fingerprint density at radius 2 is 1.97 bits per heavy atom. The van der Waals surface area contributed by atoms with Crippen molar-refractivity contribution >= 4 is 16.8 Å². The third-order valence-corrected chi connectivity index (χ3v) is 5.05. The van der Waals surface area contributed by atoms with Crippen LogP contribution in [0.3, 0.4) is 0 Å². The summed E-state index contributed by atoms with van der Waals surface area (Å²) in [5, 5.41) is 8.01. The van der Waals surface area contributed by atoms with Gasteiger partial charge in [0.1, 0.15) is 5.76 Å². The van der Waals surface area contributed by atoms with Gasteiger partial charge in [-0.25, -0.2) is 0 Å². The van der Waals surface area contributed by atoms with Crippen molar-refractivity contribution in [2.24, 2.45) is 0 Å². The minimum atomic E-state index is -0.0267. The molecule has 0 aliphatic carbocycles. The average Bonchev–Trinajstić information content (AvgIpc) is 3.40. The van der Waals surface area contributed by atoms with E-state index in [2.05, 4.69) is 39.7 Å². The molecule has 2 heterocycles. The Morgan fingerprint density at radius 1 is 1.17 bits per heavy atom. The smallest absolute Gasteiger partial charge is 0.254 e. The van der Waals surface area contributed by atoms with Gasteiger partial charge in [0.25, 0.3) is 5.88 Å². The molecule has 0 fully saturated rings. The summed E-state index contributed by atoms with van der Waals surface area (Å²) in [6, 6.07) is 20.2. The van der Waals surface area contributed by atoms with Crippen molar-refractivity contribution in [1.29, 1.82) is 0 Å². The first-order chi connectivity index (χ1) is 14.2. The molecular weight excluding hydrogens is 366 g/mol. The number of H-pyrrole nitrogens is 1. The number of methoxy groups -OCH3 is 1. The fourth-order valence-electron chi connectivity index (χ4n) is 3.52. The Labute approximate surface area is 168 Å². The predicted octanol–water partition coefficient (Wildman–Crippen LogP) is 4.05. The number of hydrogen-bond acceptors (Lipinski definition) is 4. The number of nitrogens with zero attached hydrogens (tertiary/aromatic N) is 1. The highest BCUT2D eigenvalue weighted by molar-refractivity contribution is 5.84. The number of aromatic amines is 1. The molecule has 2 aromatic carbocycles. The number of aromatic nitrogens is 2. The summed E-state index contributed by atoms with van der Waals surface area (Å²) in [5.41, 5.74) is 3.43. The van der Waals surface area contributed by atoms with Crippen LogP contribution < -0.4 is 10.1 Å². The van der Waals surface area contributed by atoms with Crippen molar-refractivity contribution in [3.8, 4) is 5.88 Å². The average molecular weight is 389 g/mol. The number of fused-ring (bicyclic) bond motifs is 1. The molecule has 4 rings (SSSR count). The van der Waals surface area contributed by atoms with E-state index >= 15 is 0 Å². The lowest BCUT2D eigenvalue weighted by atomic mass is 9.91. The molecular formula is C23H23N3O3. The van der Waals surface area contributed by atoms with Gasteiger partial charge in [0, 0.05) is 48.5 Å². The number of aryl methyl sites for hydroxylation is 1. The Bertz CT molecular complexity index is 1080. The van der Waals surface area contributed by atoms with Crippen molar-refractivity contribution in [2.75, 3.05) is 13.7 Å². The van der Waals surface area contributed by atoms with Crippen LogP contribution in [0.25, 0.3) is 10.9 Å². The number of rotatable bonds is 8. The molecule has 4 aromatic rings. The van der Waals surface area contributed by atoms with E-state index in [1.54, 1.807) is 6.07 Å². The van der Waals surface area contributed by atoms with Crippen molar-refractivity contribution in [3.63, 3.8) is 0 Å². The summed E-state index contributed by atoms with van der Waals surface area (Å²) >= 11 is 0. The maximum atomic E-state index is 12.4. The molecule has 0 spiro atoms. The van der Waals surface area contributed by atoms with Gasteiger partial charge in [-0.05, 0) is 22.3 Å². The quantitative estimate of drug-likeness (QED) is 0.476. The number of benzene rings is 2. The second kappa shape index (κ2) is 8.65. The second-order valence-corrected chi connectivity index (χ2v) is 6.89. The van der Waals surface area contributed by atoms with E-state index in [-0.39, 0.29) is 11.8 Å². The zero-order valence-electron chi connectivity index (χ0n) is 16.2. The molecule has 29 heavy (non-hydrogen) atoms. The molecule has 0 saturated heterocycles. The number of amides is 1. The van der Waals surface area contributed by atoms with Crippen molar-refractivity contribution in [1.82, 2.24) is 15.5 Å². The largest absolute Gasteiger partial charge is 0.479 e. The molecule has 0 saturated carbocycles. The van der Waals surface area contributed by atoms with Crippen LogP contribution in [0.5, 0.6) is 5.88 Å². The Kier molecular flexibility index (Phi) is 5.61. The summed E-state index contributed by atoms with van der Waals surface area (Å²) in [6.07, 6.45) is 2.84. The van der Waals surface area contributed by atoms with Gasteiger partial charge in [0.15, 0.2) is 0 Å². The second-order valence-electron chi connectivity index (χ2n) is 6.89. The number of ether oxygens (including phenoxy) is 1. The van der Waals surface area contributed by atoms with Gasteiger partial charge >= 0.3 is 0 Å². The van der Waals surface area contributed by atoms with E-state index in [1.165, 1.54) is 18.1 Å². The molecule has 0 bridgehead atoms. The molecule has 148 valence electrons. The van der Waals surface area contributed by atoms with E-state index in [0.717, 1.165) is 11.1 Å². The number of carbonyl (C=O) groups is 1.